The summed E-state index contributed by atoms with van der Waals surface area (Å²) in [5.41, 5.74) is 0. The topological polar surface area (TPSA) is 52.0 Å². The van der Waals surface area contributed by atoms with Gasteiger partial charge >= 0.3 is 0 Å². The molecule has 1 aliphatic heterocycles. The van der Waals surface area contributed by atoms with Crippen LogP contribution in [0.15, 0.2) is 40.9 Å². The van der Waals surface area contributed by atoms with E-state index in [9.17, 15) is 4.79 Å². The van der Waals surface area contributed by atoms with Gasteiger partial charge in [0.1, 0.15) is 18.8 Å². The van der Waals surface area contributed by atoms with Crippen LogP contribution in [0.25, 0.3) is 10.8 Å². The number of ether oxygens (including phenoxy) is 2. The molecule has 0 aromatic heterocycles. The monoisotopic (exact) mass is 393 g/mol. The van der Waals surface area contributed by atoms with Gasteiger partial charge in [-0.15, -0.1) is 0 Å². The fourth-order valence-corrected chi connectivity index (χ4v) is 3.42. The number of hydrogen-bond donors (Lipinski definition) is 2. The first-order valence-electron chi connectivity index (χ1n) is 8.22. The Labute approximate surface area is 150 Å². The number of fused-ring (bicyclic) bond motifs is 1. The maximum absolute atomic E-state index is 11.9. The third-order valence-electron chi connectivity index (χ3n) is 4.19. The zero-order chi connectivity index (χ0) is 16.8. The zero-order valence-corrected chi connectivity index (χ0v) is 15.1. The SMILES string of the molecule is O=C(COc1ccc2ccccc2c1Br)NCC[NH+]1CCOCC1. The highest BCUT2D eigenvalue weighted by Crippen LogP contribution is 2.32. The summed E-state index contributed by atoms with van der Waals surface area (Å²) in [6.45, 7) is 5.25. The van der Waals surface area contributed by atoms with Crippen LogP contribution in [-0.2, 0) is 9.53 Å². The van der Waals surface area contributed by atoms with E-state index in [1.807, 2.05) is 36.4 Å². The maximum atomic E-state index is 11.9. The second-order valence-electron chi connectivity index (χ2n) is 5.85. The number of benzene rings is 2. The van der Waals surface area contributed by atoms with E-state index in [2.05, 4.69) is 21.2 Å². The third-order valence-corrected chi connectivity index (χ3v) is 5.01. The molecule has 2 N–H and O–H groups in total. The van der Waals surface area contributed by atoms with Gasteiger partial charge in [-0.1, -0.05) is 30.3 Å². The summed E-state index contributed by atoms with van der Waals surface area (Å²) < 4.78 is 11.9. The lowest BCUT2D eigenvalue weighted by Gasteiger charge is -2.23. The van der Waals surface area contributed by atoms with E-state index in [4.69, 9.17) is 9.47 Å². The fraction of sp³-hybridized carbons (Fsp3) is 0.389. The van der Waals surface area contributed by atoms with E-state index >= 15 is 0 Å². The summed E-state index contributed by atoms with van der Waals surface area (Å²) in [5, 5.41) is 5.13. The first-order valence-corrected chi connectivity index (χ1v) is 9.01. The van der Waals surface area contributed by atoms with E-state index in [1.54, 1.807) is 0 Å². The summed E-state index contributed by atoms with van der Waals surface area (Å²) in [4.78, 5) is 13.4. The van der Waals surface area contributed by atoms with Gasteiger partial charge in [-0.2, -0.15) is 0 Å². The largest absolute Gasteiger partial charge is 0.483 e. The van der Waals surface area contributed by atoms with Crippen LogP contribution < -0.4 is 15.0 Å². The van der Waals surface area contributed by atoms with Crippen LogP contribution in [0.5, 0.6) is 5.75 Å². The molecular weight excluding hydrogens is 372 g/mol. The average Bonchev–Trinajstić information content (AvgIpc) is 2.62. The highest BCUT2D eigenvalue weighted by Gasteiger charge is 2.14. The molecule has 128 valence electrons. The Morgan fingerprint density at radius 3 is 2.83 bits per heavy atom. The second kappa shape index (κ2) is 8.46. The summed E-state index contributed by atoms with van der Waals surface area (Å²) in [7, 11) is 0. The van der Waals surface area contributed by atoms with Crippen LogP contribution in [0.4, 0.5) is 0 Å². The van der Waals surface area contributed by atoms with Gasteiger partial charge in [0, 0.05) is 0 Å². The van der Waals surface area contributed by atoms with Crippen molar-refractivity contribution in [2.75, 3.05) is 46.0 Å². The minimum atomic E-state index is -0.0947. The molecule has 0 bridgehead atoms. The minimum Gasteiger partial charge on any atom is -0.483 e. The van der Waals surface area contributed by atoms with Crippen molar-refractivity contribution < 1.29 is 19.2 Å². The molecule has 5 nitrogen and oxygen atoms in total. The lowest BCUT2D eigenvalue weighted by Crippen LogP contribution is -3.14. The number of carbonyl (C=O) groups excluding carboxylic acids is 1. The Kier molecular flexibility index (Phi) is 6.07. The van der Waals surface area contributed by atoms with Crippen molar-refractivity contribution >= 4 is 32.6 Å². The Morgan fingerprint density at radius 1 is 1.21 bits per heavy atom. The number of nitrogens with one attached hydrogen (secondary N) is 2. The van der Waals surface area contributed by atoms with Crippen LogP contribution in [0.3, 0.4) is 0 Å². The molecule has 1 amide bonds. The number of amides is 1. The first-order chi connectivity index (χ1) is 11.7. The van der Waals surface area contributed by atoms with Crippen LogP contribution in [0, 0.1) is 0 Å². The molecule has 0 spiro atoms. The second-order valence-corrected chi connectivity index (χ2v) is 6.64. The van der Waals surface area contributed by atoms with Crippen molar-refractivity contribution in [3.8, 4) is 5.75 Å². The maximum Gasteiger partial charge on any atom is 0.258 e. The normalized spacial score (nSPS) is 15.4. The molecule has 2 aromatic rings. The number of hydrogen-bond acceptors (Lipinski definition) is 3. The molecule has 0 radical (unpaired) electrons. The van der Waals surface area contributed by atoms with E-state index < -0.39 is 0 Å². The smallest absolute Gasteiger partial charge is 0.258 e. The third kappa shape index (κ3) is 4.47. The lowest BCUT2D eigenvalue weighted by atomic mass is 10.1. The number of morpholine rings is 1. The fourth-order valence-electron chi connectivity index (χ4n) is 2.81. The first kappa shape index (κ1) is 17.2. The molecule has 1 heterocycles. The van der Waals surface area contributed by atoms with E-state index in [0.29, 0.717) is 12.3 Å². The van der Waals surface area contributed by atoms with Gasteiger partial charge in [0.15, 0.2) is 6.61 Å². The molecule has 3 rings (SSSR count). The number of quaternary nitrogens is 1. The van der Waals surface area contributed by atoms with Gasteiger partial charge in [0.25, 0.3) is 5.91 Å². The van der Waals surface area contributed by atoms with Gasteiger partial charge in [0.05, 0.1) is 30.8 Å². The number of halogens is 1. The van der Waals surface area contributed by atoms with Crippen molar-refractivity contribution in [2.45, 2.75) is 0 Å². The zero-order valence-electron chi connectivity index (χ0n) is 13.5. The predicted molar refractivity (Wildman–Crippen MR) is 96.5 cm³/mol. The van der Waals surface area contributed by atoms with Gasteiger partial charge in [0.2, 0.25) is 0 Å². The van der Waals surface area contributed by atoms with Crippen molar-refractivity contribution in [3.63, 3.8) is 0 Å². The predicted octanol–water partition coefficient (Wildman–Crippen LogP) is 1.01. The molecule has 1 saturated heterocycles. The van der Waals surface area contributed by atoms with Crippen molar-refractivity contribution in [2.24, 2.45) is 0 Å². The average molecular weight is 394 g/mol. The summed E-state index contributed by atoms with van der Waals surface area (Å²) in [6.07, 6.45) is 0. The Morgan fingerprint density at radius 2 is 2.00 bits per heavy atom. The molecule has 2 aromatic carbocycles. The molecule has 0 saturated carbocycles. The summed E-state index contributed by atoms with van der Waals surface area (Å²) >= 11 is 3.56. The molecule has 1 fully saturated rings. The highest BCUT2D eigenvalue weighted by molar-refractivity contribution is 9.10. The van der Waals surface area contributed by atoms with Gasteiger partial charge in [-0.25, -0.2) is 0 Å². The van der Waals surface area contributed by atoms with E-state index in [-0.39, 0.29) is 12.5 Å². The molecule has 0 atom stereocenters. The van der Waals surface area contributed by atoms with E-state index in [1.165, 1.54) is 4.90 Å². The van der Waals surface area contributed by atoms with Crippen LogP contribution in [0.2, 0.25) is 0 Å². The van der Waals surface area contributed by atoms with Crippen molar-refractivity contribution in [3.05, 3.63) is 40.9 Å². The molecule has 1 aliphatic rings. The summed E-state index contributed by atoms with van der Waals surface area (Å²) in [6, 6.07) is 11.9. The molecule has 0 aliphatic carbocycles. The number of carbonyl (C=O) groups is 1. The minimum absolute atomic E-state index is 0.0232. The van der Waals surface area contributed by atoms with E-state index in [0.717, 1.165) is 48.1 Å². The van der Waals surface area contributed by atoms with Gasteiger partial charge in [-0.05, 0) is 32.8 Å². The van der Waals surface area contributed by atoms with Crippen LogP contribution in [0.1, 0.15) is 0 Å². The molecule has 24 heavy (non-hydrogen) atoms. The molecule has 6 heteroatoms. The molecule has 0 unspecified atom stereocenters. The Hall–Kier alpha value is -1.63. The van der Waals surface area contributed by atoms with Crippen LogP contribution in [-0.4, -0.2) is 51.9 Å². The van der Waals surface area contributed by atoms with Gasteiger partial charge in [-0.3, -0.25) is 4.79 Å². The van der Waals surface area contributed by atoms with Gasteiger partial charge < -0.3 is 19.7 Å². The van der Waals surface area contributed by atoms with Crippen molar-refractivity contribution in [1.29, 1.82) is 0 Å². The standard InChI is InChI=1S/C18H21BrN2O3/c19-18-15-4-2-1-3-14(15)5-6-16(18)24-13-17(22)20-7-8-21-9-11-23-12-10-21/h1-6H,7-13H2,(H,20,22)/p+1. The Balaban J connectivity index is 1.46. The lowest BCUT2D eigenvalue weighted by molar-refractivity contribution is -0.906. The number of rotatable bonds is 6. The van der Waals surface area contributed by atoms with Crippen LogP contribution >= 0.6 is 15.9 Å². The summed E-state index contributed by atoms with van der Waals surface area (Å²) in [5.74, 6) is 0.588. The quantitative estimate of drug-likeness (QED) is 0.769. The Bertz CT molecular complexity index is 702. The molecular formula is C18H22BrN2O3+. The van der Waals surface area contributed by atoms with Crippen molar-refractivity contribution in [1.82, 2.24) is 5.32 Å². The highest BCUT2D eigenvalue weighted by atomic mass is 79.9.